The van der Waals surface area contributed by atoms with Crippen LogP contribution in [0.1, 0.15) is 136 Å². The molecule has 116 heavy (non-hydrogen) atoms. The number of nitrogens with zero attached hydrogens (tertiary/aromatic N) is 2. The fraction of sp³-hybridized carbons (Fsp3) is 0.228. The Morgan fingerprint density at radius 2 is 0.534 bits per heavy atom. The molecule has 16 aromatic carbocycles. The van der Waals surface area contributed by atoms with Crippen molar-refractivity contribution in [3.8, 4) is 66.8 Å². The third-order valence-electron chi connectivity index (χ3n) is 31.7. The highest BCUT2D eigenvalue weighted by Crippen LogP contribution is 2.72. The number of hydrogen-bond acceptors (Lipinski definition) is 2. The van der Waals surface area contributed by atoms with E-state index in [4.69, 9.17) is 0 Å². The zero-order chi connectivity index (χ0) is 76.7. The molecule has 0 unspecified atom stereocenters. The molecule has 560 valence electrons. The molecule has 16 aromatic rings. The van der Waals surface area contributed by atoms with Crippen molar-refractivity contribution in [1.29, 1.82) is 0 Å². The van der Waals surface area contributed by atoms with Gasteiger partial charge in [0.25, 0.3) is 0 Å². The normalized spacial score (nSPS) is 23.9. The first-order valence-electron chi connectivity index (χ1n) is 43.5. The molecule has 2 heteroatoms. The minimum Gasteiger partial charge on any atom is -0.310 e. The first kappa shape index (κ1) is 67.5. The van der Waals surface area contributed by atoms with E-state index >= 15 is 0 Å². The van der Waals surface area contributed by atoms with Gasteiger partial charge >= 0.3 is 0 Å². The Morgan fingerprint density at radius 1 is 0.207 bits per heavy atom. The highest BCUT2D eigenvalue weighted by atomic mass is 15.1. The number of anilines is 6. The lowest BCUT2D eigenvalue weighted by Gasteiger charge is -2.61. The number of fused-ring (bicyclic) bond motifs is 18. The van der Waals surface area contributed by atoms with Crippen LogP contribution in [0.5, 0.6) is 0 Å². The number of rotatable bonds is 8. The van der Waals surface area contributed by atoms with Gasteiger partial charge in [0.15, 0.2) is 0 Å². The van der Waals surface area contributed by atoms with Crippen LogP contribution in [0.25, 0.3) is 110 Å². The molecule has 2 nitrogen and oxygen atoms in total. The standard InChI is InChI=1S/2C57H47N/c1-56(2)52-13-7-5-11-48(52)50-25-23-45(34-55(50)56)58(44-22-24-47-40(32-44)16-15-38-9-3-4-10-46(38)47)43-20-17-37(18-21-43)39-19-26-54-51(33-39)49-12-6-8-14-53(49)57(54)41-28-35-27-36(30-41)31-42(57)29-35;1-56(2)51-17-9-7-14-46(51)48-25-24-43(34-54(48)56)58(55-33-39-11-3-4-12-44(39)45-13-5-6-16-49(45)55)42-22-19-37(20-23-42)38-21-26-53-50(32-38)47-15-8-10-18-52(47)57(53)40-28-35-27-36(30-40)31-41(57)29-35/h3-26,32-36,41-42H,27-31H2,1-2H3;3-26,32-36,40-41H,27-31H2,1-2H3. The summed E-state index contributed by atoms with van der Waals surface area (Å²) in [4.78, 5) is 4.97. The van der Waals surface area contributed by atoms with E-state index in [2.05, 4.69) is 365 Å². The second-order valence-corrected chi connectivity index (χ2v) is 37.9. The van der Waals surface area contributed by atoms with E-state index in [0.29, 0.717) is 0 Å². The average Bonchev–Trinajstić information content (AvgIpc) is 1.51. The summed E-state index contributed by atoms with van der Waals surface area (Å²) >= 11 is 0. The van der Waals surface area contributed by atoms with E-state index in [1.54, 1.807) is 22.3 Å². The second-order valence-electron chi connectivity index (χ2n) is 37.9. The van der Waals surface area contributed by atoms with Crippen LogP contribution >= 0.6 is 0 Å². The number of hydrogen-bond donors (Lipinski definition) is 0. The summed E-state index contributed by atoms with van der Waals surface area (Å²) in [5.41, 5.74) is 35.9. The van der Waals surface area contributed by atoms with Gasteiger partial charge in [0.1, 0.15) is 0 Å². The monoisotopic (exact) mass is 1490 g/mol. The quantitative estimate of drug-likeness (QED) is 0.140. The second kappa shape index (κ2) is 24.8. The molecule has 0 aromatic heterocycles. The van der Waals surface area contributed by atoms with Crippen LogP contribution in [0, 0.1) is 47.3 Å². The molecular formula is C114H94N2. The van der Waals surface area contributed by atoms with Gasteiger partial charge in [-0.05, 0) is 339 Å². The highest BCUT2D eigenvalue weighted by molar-refractivity contribution is 6.15. The lowest BCUT2D eigenvalue weighted by atomic mass is 9.43. The molecule has 8 fully saturated rings. The van der Waals surface area contributed by atoms with Crippen LogP contribution < -0.4 is 9.80 Å². The van der Waals surface area contributed by atoms with Crippen molar-refractivity contribution in [2.75, 3.05) is 9.80 Å². The Labute approximate surface area is 682 Å². The van der Waals surface area contributed by atoms with Crippen LogP contribution in [0.4, 0.5) is 34.1 Å². The largest absolute Gasteiger partial charge is 0.310 e. The lowest BCUT2D eigenvalue weighted by Crippen LogP contribution is -2.55. The zero-order valence-electron chi connectivity index (χ0n) is 66.8. The Balaban J connectivity index is 0.000000130. The molecule has 12 aliphatic carbocycles. The van der Waals surface area contributed by atoms with Gasteiger partial charge in [0.2, 0.25) is 0 Å². The van der Waals surface area contributed by atoms with Gasteiger partial charge in [-0.1, -0.05) is 276 Å². The average molecular weight is 1490 g/mol. The Kier molecular flexibility index (Phi) is 14.5. The van der Waals surface area contributed by atoms with E-state index < -0.39 is 0 Å². The van der Waals surface area contributed by atoms with E-state index in [0.717, 1.165) is 58.7 Å². The fourth-order valence-electron chi connectivity index (χ4n) is 27.2. The first-order valence-corrected chi connectivity index (χ1v) is 43.5. The van der Waals surface area contributed by atoms with E-state index in [1.807, 2.05) is 0 Å². The molecule has 0 aliphatic heterocycles. The van der Waals surface area contributed by atoms with Crippen molar-refractivity contribution < 1.29 is 0 Å². The molecule has 0 amide bonds. The third kappa shape index (κ3) is 9.53. The molecule has 0 saturated heterocycles. The van der Waals surface area contributed by atoms with Crippen LogP contribution in [0.15, 0.2) is 328 Å². The zero-order valence-corrected chi connectivity index (χ0v) is 66.8. The SMILES string of the molecule is CC1(C)c2ccccc2-c2ccc(N(c3ccc(-c4ccc5c(c4)-c4ccccc4C54C5CC6CC(C5)CC4C6)cc3)c3cc4ccccc4c4ccccc34)cc21.CC1(C)c2ccccc2-c2ccc(N(c3ccc(-c4ccc5c(c4)-c4ccccc4C54C5CC6CC(C5)CC4C6)cc3)c3ccc4c(ccc5ccccc54)c3)cc21. The van der Waals surface area contributed by atoms with Crippen molar-refractivity contribution in [3.05, 3.63) is 372 Å². The van der Waals surface area contributed by atoms with Crippen molar-refractivity contribution in [2.24, 2.45) is 47.3 Å². The van der Waals surface area contributed by atoms with Gasteiger partial charge < -0.3 is 9.80 Å². The first-order chi connectivity index (χ1) is 56.9. The molecule has 0 radical (unpaired) electrons. The molecule has 0 atom stereocenters. The predicted molar refractivity (Wildman–Crippen MR) is 485 cm³/mol. The van der Waals surface area contributed by atoms with E-state index in [1.165, 1.54) is 219 Å². The van der Waals surface area contributed by atoms with Crippen LogP contribution in [0.2, 0.25) is 0 Å². The molecule has 8 bridgehead atoms. The summed E-state index contributed by atoms with van der Waals surface area (Å²) < 4.78 is 0. The van der Waals surface area contributed by atoms with Gasteiger partial charge in [0, 0.05) is 55.5 Å². The van der Waals surface area contributed by atoms with Crippen LogP contribution in [0.3, 0.4) is 0 Å². The maximum Gasteiger partial charge on any atom is 0.0546 e. The lowest BCUT2D eigenvalue weighted by molar-refractivity contribution is -0.0399. The summed E-state index contributed by atoms with van der Waals surface area (Å²) in [7, 11) is 0. The van der Waals surface area contributed by atoms with Gasteiger partial charge in [0.05, 0.1) is 5.69 Å². The molecule has 2 spiro atoms. The van der Waals surface area contributed by atoms with Crippen molar-refractivity contribution in [1.82, 2.24) is 0 Å². The van der Waals surface area contributed by atoms with Gasteiger partial charge in [-0.2, -0.15) is 0 Å². The van der Waals surface area contributed by atoms with Crippen molar-refractivity contribution >= 4 is 77.2 Å². The Bertz CT molecular complexity index is 6760. The molecule has 28 rings (SSSR count). The van der Waals surface area contributed by atoms with Gasteiger partial charge in [-0.3, -0.25) is 0 Å². The third-order valence-corrected chi connectivity index (χ3v) is 31.7. The Hall–Kier alpha value is -11.8. The summed E-state index contributed by atoms with van der Waals surface area (Å²) in [6, 6.07) is 126. The smallest absolute Gasteiger partial charge is 0.0546 e. The minimum atomic E-state index is -0.0929. The molecule has 0 N–H and O–H groups in total. The van der Waals surface area contributed by atoms with Gasteiger partial charge in [-0.15, -0.1) is 0 Å². The summed E-state index contributed by atoms with van der Waals surface area (Å²) in [6.07, 6.45) is 14.3. The topological polar surface area (TPSA) is 6.48 Å². The molecular weight excluding hydrogens is 1400 g/mol. The molecule has 8 saturated carbocycles. The van der Waals surface area contributed by atoms with Crippen molar-refractivity contribution in [3.63, 3.8) is 0 Å². The number of benzene rings is 16. The summed E-state index contributed by atoms with van der Waals surface area (Å²) in [5.74, 6) is 6.96. The van der Waals surface area contributed by atoms with Gasteiger partial charge in [-0.25, -0.2) is 0 Å². The van der Waals surface area contributed by atoms with Crippen LogP contribution in [-0.2, 0) is 21.7 Å². The predicted octanol–water partition coefficient (Wildman–Crippen LogP) is 30.3. The minimum absolute atomic E-state index is 0.0821. The Morgan fingerprint density at radius 3 is 1.03 bits per heavy atom. The summed E-state index contributed by atoms with van der Waals surface area (Å²) in [5, 5.41) is 10.2. The maximum atomic E-state index is 2.55. The van der Waals surface area contributed by atoms with E-state index in [9.17, 15) is 0 Å². The maximum absolute atomic E-state index is 2.55. The van der Waals surface area contributed by atoms with Crippen molar-refractivity contribution in [2.45, 2.75) is 114 Å². The van der Waals surface area contributed by atoms with E-state index in [-0.39, 0.29) is 21.7 Å². The summed E-state index contributed by atoms with van der Waals surface area (Å²) in [6.45, 7) is 9.51. The fourth-order valence-corrected chi connectivity index (χ4v) is 27.2. The molecule has 12 aliphatic rings. The molecule has 0 heterocycles. The van der Waals surface area contributed by atoms with Crippen LogP contribution in [-0.4, -0.2) is 0 Å². The highest BCUT2D eigenvalue weighted by Gasteiger charge is 2.63.